The molecule has 1 fully saturated rings. The molecule has 212 valence electrons. The molecule has 0 aromatic heterocycles. The van der Waals surface area contributed by atoms with Crippen molar-refractivity contribution < 1.29 is 22.6 Å². The zero-order chi connectivity index (χ0) is 28.3. The molecule has 0 atom stereocenters. The number of unbranched alkanes of at least 4 members (excludes halogenated alkanes) is 2. The van der Waals surface area contributed by atoms with Crippen LogP contribution in [0.3, 0.4) is 0 Å². The average Bonchev–Trinajstić information content (AvgIpc) is 2.98. The van der Waals surface area contributed by atoms with Crippen molar-refractivity contribution in [2.75, 3.05) is 13.2 Å². The average molecular weight is 549 g/mol. The summed E-state index contributed by atoms with van der Waals surface area (Å²) in [6.07, 6.45) is 12.5. The predicted octanol–water partition coefficient (Wildman–Crippen LogP) is 10.1. The zero-order valence-electron chi connectivity index (χ0n) is 23.3. The highest BCUT2D eigenvalue weighted by Gasteiger charge is 2.26. The van der Waals surface area contributed by atoms with Crippen molar-refractivity contribution >= 4 is 12.2 Å². The predicted molar refractivity (Wildman–Crippen MR) is 158 cm³/mol. The maximum Gasteiger partial charge on any atom is 0.166 e. The SMILES string of the molecule is C=CCCCOc1ccc(-c2ccc(/C=C/c3ccc(C4CCC(OCCCC)CC4)c(F)c3F)cc2)cc1F. The minimum absolute atomic E-state index is 0.0221. The van der Waals surface area contributed by atoms with Crippen LogP contribution in [0.5, 0.6) is 5.75 Å². The van der Waals surface area contributed by atoms with E-state index in [9.17, 15) is 8.78 Å². The molecule has 0 heterocycles. The van der Waals surface area contributed by atoms with Crippen molar-refractivity contribution in [2.24, 2.45) is 0 Å². The summed E-state index contributed by atoms with van der Waals surface area (Å²) in [6.45, 7) is 7.02. The second-order valence-corrected chi connectivity index (χ2v) is 10.4. The Morgan fingerprint density at radius 2 is 1.57 bits per heavy atom. The molecule has 0 radical (unpaired) electrons. The van der Waals surface area contributed by atoms with E-state index in [1.165, 1.54) is 6.07 Å². The first-order valence-electron chi connectivity index (χ1n) is 14.4. The molecule has 3 aromatic rings. The van der Waals surface area contributed by atoms with Crippen molar-refractivity contribution in [3.05, 3.63) is 101 Å². The van der Waals surface area contributed by atoms with Crippen LogP contribution in [0, 0.1) is 17.5 Å². The molecule has 0 unspecified atom stereocenters. The lowest BCUT2D eigenvalue weighted by Crippen LogP contribution is -2.22. The summed E-state index contributed by atoms with van der Waals surface area (Å²) in [6, 6.07) is 15.8. The minimum atomic E-state index is -0.811. The maximum atomic E-state index is 15.0. The van der Waals surface area contributed by atoms with Gasteiger partial charge in [0.2, 0.25) is 0 Å². The van der Waals surface area contributed by atoms with Gasteiger partial charge in [-0.3, -0.25) is 0 Å². The molecule has 0 bridgehead atoms. The van der Waals surface area contributed by atoms with Gasteiger partial charge in [0.25, 0.3) is 0 Å². The number of allylic oxidation sites excluding steroid dienone is 1. The number of rotatable bonds is 13. The lowest BCUT2D eigenvalue weighted by molar-refractivity contribution is 0.0230. The Morgan fingerprint density at radius 1 is 0.825 bits per heavy atom. The van der Waals surface area contributed by atoms with Crippen LogP contribution >= 0.6 is 0 Å². The Hall–Kier alpha value is -3.31. The van der Waals surface area contributed by atoms with Gasteiger partial charge in [0.1, 0.15) is 0 Å². The maximum absolute atomic E-state index is 15.0. The summed E-state index contributed by atoms with van der Waals surface area (Å²) in [5, 5.41) is 0. The summed E-state index contributed by atoms with van der Waals surface area (Å²) >= 11 is 0. The van der Waals surface area contributed by atoms with Gasteiger partial charge >= 0.3 is 0 Å². The summed E-state index contributed by atoms with van der Waals surface area (Å²) in [5.41, 5.74) is 3.09. The van der Waals surface area contributed by atoms with Gasteiger partial charge in [0, 0.05) is 12.2 Å². The fourth-order valence-corrected chi connectivity index (χ4v) is 5.14. The first-order chi connectivity index (χ1) is 19.5. The van der Waals surface area contributed by atoms with Crippen LogP contribution in [0.15, 0.2) is 67.3 Å². The van der Waals surface area contributed by atoms with Gasteiger partial charge in [-0.1, -0.05) is 74.0 Å². The Balaban J connectivity index is 1.36. The van der Waals surface area contributed by atoms with Crippen LogP contribution in [-0.4, -0.2) is 19.3 Å². The number of halogens is 3. The molecule has 1 aliphatic carbocycles. The molecule has 5 heteroatoms. The van der Waals surface area contributed by atoms with E-state index in [0.717, 1.165) is 74.7 Å². The third-order valence-electron chi connectivity index (χ3n) is 7.55. The van der Waals surface area contributed by atoms with Gasteiger partial charge in [-0.15, -0.1) is 6.58 Å². The van der Waals surface area contributed by atoms with Crippen molar-refractivity contribution in [1.29, 1.82) is 0 Å². The minimum Gasteiger partial charge on any atom is -0.491 e. The Labute approximate surface area is 236 Å². The van der Waals surface area contributed by atoms with E-state index in [0.29, 0.717) is 12.2 Å². The molecule has 0 N–H and O–H groups in total. The zero-order valence-corrected chi connectivity index (χ0v) is 23.3. The van der Waals surface area contributed by atoms with E-state index >= 15 is 4.39 Å². The second-order valence-electron chi connectivity index (χ2n) is 10.4. The summed E-state index contributed by atoms with van der Waals surface area (Å²) in [7, 11) is 0. The third kappa shape index (κ3) is 7.88. The monoisotopic (exact) mass is 548 g/mol. The molecule has 4 rings (SSSR count). The molecule has 1 aliphatic rings. The summed E-state index contributed by atoms with van der Waals surface area (Å²) in [5.74, 6) is -1.71. The molecule has 0 aliphatic heterocycles. The highest BCUT2D eigenvalue weighted by atomic mass is 19.2. The molecule has 0 spiro atoms. The lowest BCUT2D eigenvalue weighted by Gasteiger charge is -2.29. The van der Waals surface area contributed by atoms with Crippen LogP contribution in [0.4, 0.5) is 13.2 Å². The molecule has 2 nitrogen and oxygen atoms in total. The standard InChI is InChI=1S/C35H39F3O2/c1-3-5-7-23-40-33-21-17-29(24-32(33)36)26-11-8-25(9-12-26)10-13-28-16-20-31(35(38)34(28)37)27-14-18-30(19-15-27)39-22-6-4-2/h3,8-13,16-17,20-21,24,27,30H,1,4-7,14-15,18-19,22-23H2,2H3/b13-10+. The molecular formula is C35H39F3O2. The Morgan fingerprint density at radius 3 is 2.27 bits per heavy atom. The van der Waals surface area contributed by atoms with E-state index in [-0.39, 0.29) is 23.3 Å². The topological polar surface area (TPSA) is 18.5 Å². The van der Waals surface area contributed by atoms with Crippen LogP contribution in [0.1, 0.15) is 80.9 Å². The van der Waals surface area contributed by atoms with E-state index < -0.39 is 17.5 Å². The first-order valence-corrected chi connectivity index (χ1v) is 14.4. The quantitative estimate of drug-likeness (QED) is 0.120. The molecular weight excluding hydrogens is 509 g/mol. The Bertz CT molecular complexity index is 1270. The van der Waals surface area contributed by atoms with Crippen LogP contribution in [-0.2, 0) is 4.74 Å². The van der Waals surface area contributed by atoms with Gasteiger partial charge in [-0.2, -0.15) is 0 Å². The van der Waals surface area contributed by atoms with Crippen molar-refractivity contribution in [3.8, 4) is 16.9 Å². The van der Waals surface area contributed by atoms with Gasteiger partial charge < -0.3 is 9.47 Å². The molecule has 1 saturated carbocycles. The van der Waals surface area contributed by atoms with Gasteiger partial charge in [-0.05, 0) is 85.3 Å². The smallest absolute Gasteiger partial charge is 0.166 e. The number of hydrogen-bond acceptors (Lipinski definition) is 2. The van der Waals surface area contributed by atoms with Crippen LogP contribution < -0.4 is 4.74 Å². The number of benzene rings is 3. The van der Waals surface area contributed by atoms with Gasteiger partial charge in [0.15, 0.2) is 23.2 Å². The van der Waals surface area contributed by atoms with Crippen molar-refractivity contribution in [3.63, 3.8) is 0 Å². The van der Waals surface area contributed by atoms with Gasteiger partial charge in [0.05, 0.1) is 12.7 Å². The lowest BCUT2D eigenvalue weighted by atomic mass is 9.82. The van der Waals surface area contributed by atoms with Crippen molar-refractivity contribution in [1.82, 2.24) is 0 Å². The second kappa shape index (κ2) is 14.9. The van der Waals surface area contributed by atoms with E-state index in [1.807, 2.05) is 36.4 Å². The van der Waals surface area contributed by atoms with Crippen LogP contribution in [0.2, 0.25) is 0 Å². The largest absolute Gasteiger partial charge is 0.491 e. The Kier molecular flexibility index (Phi) is 11.1. The molecule has 0 amide bonds. The number of ether oxygens (including phenoxy) is 2. The van der Waals surface area contributed by atoms with E-state index in [1.54, 1.807) is 30.4 Å². The fraction of sp³-hybridized carbons (Fsp3) is 0.371. The third-order valence-corrected chi connectivity index (χ3v) is 7.55. The van der Waals surface area contributed by atoms with Crippen LogP contribution in [0.25, 0.3) is 23.3 Å². The molecule has 40 heavy (non-hydrogen) atoms. The fourth-order valence-electron chi connectivity index (χ4n) is 5.14. The van der Waals surface area contributed by atoms with Gasteiger partial charge in [-0.25, -0.2) is 13.2 Å². The highest BCUT2D eigenvalue weighted by molar-refractivity contribution is 5.72. The van der Waals surface area contributed by atoms with E-state index in [4.69, 9.17) is 9.47 Å². The number of hydrogen-bond donors (Lipinski definition) is 0. The first kappa shape index (κ1) is 29.7. The summed E-state index contributed by atoms with van der Waals surface area (Å²) < 4.78 is 55.9. The van der Waals surface area contributed by atoms with E-state index in [2.05, 4.69) is 13.5 Å². The normalized spacial score (nSPS) is 17.3. The molecule has 0 saturated heterocycles. The van der Waals surface area contributed by atoms with Crippen molar-refractivity contribution in [2.45, 2.75) is 70.3 Å². The highest BCUT2D eigenvalue weighted by Crippen LogP contribution is 2.36. The molecule has 3 aromatic carbocycles. The summed E-state index contributed by atoms with van der Waals surface area (Å²) in [4.78, 5) is 0.